The van der Waals surface area contributed by atoms with Gasteiger partial charge in [-0.2, -0.15) is 0 Å². The highest BCUT2D eigenvalue weighted by Gasteiger charge is 2.17. The fourth-order valence-corrected chi connectivity index (χ4v) is 2.33. The Balaban J connectivity index is 2.30. The average molecular weight is 330 g/mol. The van der Waals surface area contributed by atoms with E-state index >= 15 is 0 Å². The highest BCUT2D eigenvalue weighted by atomic mass is 16.6. The van der Waals surface area contributed by atoms with E-state index < -0.39 is 4.92 Å². The molecule has 7 heteroatoms. The fraction of sp³-hybridized carbons (Fsp3) is 0.235. The molecule has 24 heavy (non-hydrogen) atoms. The number of nitrogens with one attached hydrogen (secondary N) is 1. The van der Waals surface area contributed by atoms with E-state index in [1.807, 2.05) is 12.1 Å². The zero-order valence-corrected chi connectivity index (χ0v) is 13.7. The lowest BCUT2D eigenvalue weighted by molar-refractivity contribution is -0.384. The second-order valence-corrected chi connectivity index (χ2v) is 5.05. The summed E-state index contributed by atoms with van der Waals surface area (Å²) < 4.78 is 10.6. The summed E-state index contributed by atoms with van der Waals surface area (Å²) in [6, 6.07) is 9.78. The molecule has 0 heterocycles. The van der Waals surface area contributed by atoms with Gasteiger partial charge in [0.1, 0.15) is 5.69 Å². The van der Waals surface area contributed by atoms with Crippen molar-refractivity contribution in [3.05, 3.63) is 57.6 Å². The third kappa shape index (κ3) is 3.62. The predicted molar refractivity (Wildman–Crippen MR) is 90.0 cm³/mol. The summed E-state index contributed by atoms with van der Waals surface area (Å²) in [5, 5.41) is 14.3. The number of carbonyl (C=O) groups is 1. The summed E-state index contributed by atoms with van der Waals surface area (Å²) in [7, 11) is 3.08. The van der Waals surface area contributed by atoms with Crippen molar-refractivity contribution < 1.29 is 19.2 Å². The fourth-order valence-electron chi connectivity index (χ4n) is 2.33. The Labute approximate surface area is 139 Å². The van der Waals surface area contributed by atoms with Crippen LogP contribution in [-0.4, -0.2) is 24.9 Å². The minimum atomic E-state index is -0.516. The van der Waals surface area contributed by atoms with Crippen molar-refractivity contribution in [2.24, 2.45) is 0 Å². The van der Waals surface area contributed by atoms with Gasteiger partial charge in [0.25, 0.3) is 5.69 Å². The third-order valence-corrected chi connectivity index (χ3v) is 3.55. The van der Waals surface area contributed by atoms with Crippen LogP contribution < -0.4 is 14.8 Å². The number of ether oxygens (including phenoxy) is 2. The summed E-state index contributed by atoms with van der Waals surface area (Å²) >= 11 is 0. The average Bonchev–Trinajstić information content (AvgIpc) is 2.58. The number of Topliss-reactive ketones (excluding diaryl/α,β-unsaturated/α-hetero) is 1. The predicted octanol–water partition coefficient (Wildman–Crippen LogP) is 3.43. The molecule has 0 saturated heterocycles. The first-order valence-corrected chi connectivity index (χ1v) is 7.21. The summed E-state index contributed by atoms with van der Waals surface area (Å²) in [6.45, 7) is 1.67. The quantitative estimate of drug-likeness (QED) is 0.475. The van der Waals surface area contributed by atoms with Crippen molar-refractivity contribution in [3.63, 3.8) is 0 Å². The maximum atomic E-state index is 11.4. The topological polar surface area (TPSA) is 90.7 Å². The molecule has 0 bridgehead atoms. The third-order valence-electron chi connectivity index (χ3n) is 3.55. The molecule has 0 radical (unpaired) electrons. The zero-order valence-electron chi connectivity index (χ0n) is 13.7. The highest BCUT2D eigenvalue weighted by Crippen LogP contribution is 2.32. The lowest BCUT2D eigenvalue weighted by Crippen LogP contribution is -2.06. The molecule has 7 nitrogen and oxygen atoms in total. The number of methoxy groups -OCH3 is 2. The van der Waals surface area contributed by atoms with Crippen molar-refractivity contribution >= 4 is 17.2 Å². The van der Waals surface area contributed by atoms with E-state index in [-0.39, 0.29) is 11.5 Å². The van der Waals surface area contributed by atoms with Gasteiger partial charge in [-0.15, -0.1) is 0 Å². The molecule has 0 fully saturated rings. The van der Waals surface area contributed by atoms with Crippen molar-refractivity contribution in [1.82, 2.24) is 0 Å². The van der Waals surface area contributed by atoms with Crippen LogP contribution in [0.4, 0.5) is 11.4 Å². The van der Waals surface area contributed by atoms with Crippen LogP contribution in [0.3, 0.4) is 0 Å². The number of rotatable bonds is 7. The largest absolute Gasteiger partial charge is 0.493 e. The monoisotopic (exact) mass is 330 g/mol. The van der Waals surface area contributed by atoms with Crippen molar-refractivity contribution in [3.8, 4) is 11.5 Å². The number of nitro benzene ring substituents is 1. The molecule has 0 saturated carbocycles. The minimum absolute atomic E-state index is 0.149. The van der Waals surface area contributed by atoms with Crippen molar-refractivity contribution in [2.75, 3.05) is 19.5 Å². The van der Waals surface area contributed by atoms with Crippen LogP contribution >= 0.6 is 0 Å². The van der Waals surface area contributed by atoms with E-state index in [4.69, 9.17) is 9.47 Å². The first-order chi connectivity index (χ1) is 11.5. The molecule has 0 atom stereocenters. The molecule has 126 valence electrons. The number of carbonyl (C=O) groups excluding carboxylic acids is 1. The molecular formula is C17H18N2O5. The molecule has 2 aromatic carbocycles. The summed E-state index contributed by atoms with van der Waals surface area (Å²) in [5.41, 5.74) is 1.27. The Bertz CT molecular complexity index is 774. The van der Waals surface area contributed by atoms with E-state index in [1.165, 1.54) is 26.2 Å². The molecule has 0 aliphatic rings. The Morgan fingerprint density at radius 3 is 2.54 bits per heavy atom. The van der Waals surface area contributed by atoms with Crippen LogP contribution in [0.25, 0.3) is 0 Å². The van der Waals surface area contributed by atoms with Gasteiger partial charge in [-0.3, -0.25) is 14.9 Å². The van der Waals surface area contributed by atoms with Gasteiger partial charge in [-0.1, -0.05) is 12.1 Å². The van der Waals surface area contributed by atoms with Crippen LogP contribution in [0.2, 0.25) is 0 Å². The molecule has 0 aliphatic heterocycles. The molecule has 2 rings (SSSR count). The van der Waals surface area contributed by atoms with Crippen LogP contribution in [0.15, 0.2) is 36.4 Å². The Hall–Kier alpha value is -3.09. The first-order valence-electron chi connectivity index (χ1n) is 7.21. The molecule has 0 aromatic heterocycles. The van der Waals surface area contributed by atoms with Crippen molar-refractivity contribution in [1.29, 1.82) is 0 Å². The Morgan fingerprint density at radius 2 is 1.96 bits per heavy atom. The summed E-state index contributed by atoms with van der Waals surface area (Å²) in [6.07, 6.45) is 0. The van der Waals surface area contributed by atoms with E-state index in [9.17, 15) is 14.9 Å². The Kier molecular flexibility index (Phi) is 5.36. The highest BCUT2D eigenvalue weighted by molar-refractivity contribution is 5.95. The molecule has 0 amide bonds. The van der Waals surface area contributed by atoms with Gasteiger partial charge in [0.15, 0.2) is 17.3 Å². The molecule has 0 spiro atoms. The summed E-state index contributed by atoms with van der Waals surface area (Å²) in [4.78, 5) is 22.1. The molecule has 0 aliphatic carbocycles. The molecule has 1 N–H and O–H groups in total. The zero-order chi connectivity index (χ0) is 17.7. The summed E-state index contributed by atoms with van der Waals surface area (Å²) in [5.74, 6) is 0.924. The van der Waals surface area contributed by atoms with Crippen LogP contribution in [0.5, 0.6) is 11.5 Å². The number of hydrogen-bond donors (Lipinski definition) is 1. The molecular weight excluding hydrogens is 312 g/mol. The number of ketones is 1. The number of nitro groups is 1. The molecule has 0 unspecified atom stereocenters. The van der Waals surface area contributed by atoms with Gasteiger partial charge < -0.3 is 14.8 Å². The van der Waals surface area contributed by atoms with E-state index in [0.29, 0.717) is 29.3 Å². The minimum Gasteiger partial charge on any atom is -0.493 e. The smallest absolute Gasteiger partial charge is 0.293 e. The number of para-hydroxylation sites is 1. The number of anilines is 1. The van der Waals surface area contributed by atoms with Crippen LogP contribution in [0.1, 0.15) is 22.8 Å². The normalized spacial score (nSPS) is 10.1. The van der Waals surface area contributed by atoms with Gasteiger partial charge in [0, 0.05) is 23.7 Å². The number of hydrogen-bond acceptors (Lipinski definition) is 6. The standard InChI is InChI=1S/C17H18N2O5/c1-11(20)12-7-8-14(15(9-12)19(21)22)18-10-13-5-4-6-16(23-2)17(13)24-3/h4-9,18H,10H2,1-3H3. The number of benzene rings is 2. The Morgan fingerprint density at radius 1 is 1.21 bits per heavy atom. The first kappa shape index (κ1) is 17.3. The number of nitrogens with zero attached hydrogens (tertiary/aromatic N) is 1. The van der Waals surface area contributed by atoms with Crippen molar-refractivity contribution in [2.45, 2.75) is 13.5 Å². The van der Waals surface area contributed by atoms with E-state index in [0.717, 1.165) is 5.56 Å². The van der Waals surface area contributed by atoms with Gasteiger partial charge in [0.2, 0.25) is 0 Å². The van der Waals surface area contributed by atoms with Crippen LogP contribution in [0, 0.1) is 10.1 Å². The lowest BCUT2D eigenvalue weighted by atomic mass is 10.1. The van der Waals surface area contributed by atoms with E-state index in [2.05, 4.69) is 5.32 Å². The van der Waals surface area contributed by atoms with Crippen LogP contribution in [-0.2, 0) is 6.54 Å². The van der Waals surface area contributed by atoms with E-state index in [1.54, 1.807) is 19.2 Å². The molecule has 2 aromatic rings. The second kappa shape index (κ2) is 7.45. The maximum Gasteiger partial charge on any atom is 0.293 e. The van der Waals surface area contributed by atoms with Gasteiger partial charge >= 0.3 is 0 Å². The maximum absolute atomic E-state index is 11.4. The SMILES string of the molecule is COc1cccc(CNc2ccc(C(C)=O)cc2[N+](=O)[O-])c1OC. The lowest BCUT2D eigenvalue weighted by Gasteiger charge is -2.14. The van der Waals surface area contributed by atoms with Gasteiger partial charge in [0.05, 0.1) is 19.1 Å². The van der Waals surface area contributed by atoms with Gasteiger partial charge in [-0.05, 0) is 25.1 Å². The van der Waals surface area contributed by atoms with Gasteiger partial charge in [-0.25, -0.2) is 0 Å². The second-order valence-electron chi connectivity index (χ2n) is 5.05.